The fourth-order valence-electron chi connectivity index (χ4n) is 1.53. The van der Waals surface area contributed by atoms with Gasteiger partial charge in [0.05, 0.1) is 0 Å². The van der Waals surface area contributed by atoms with E-state index in [2.05, 4.69) is 17.1 Å². The summed E-state index contributed by atoms with van der Waals surface area (Å²) in [6, 6.07) is 0.654. The van der Waals surface area contributed by atoms with E-state index in [9.17, 15) is 0 Å². The molecule has 0 unspecified atom stereocenters. The second kappa shape index (κ2) is 4.70. The molecule has 0 bridgehead atoms. The molecule has 0 saturated carbocycles. The summed E-state index contributed by atoms with van der Waals surface area (Å²) in [5.74, 6) is 0. The van der Waals surface area contributed by atoms with Crippen molar-refractivity contribution in [1.82, 2.24) is 10.2 Å². The summed E-state index contributed by atoms with van der Waals surface area (Å²) in [7, 11) is 0. The van der Waals surface area contributed by atoms with E-state index in [0.29, 0.717) is 6.04 Å². The van der Waals surface area contributed by atoms with Crippen LogP contribution in [0.25, 0.3) is 0 Å². The van der Waals surface area contributed by atoms with Crippen LogP contribution in [0, 0.1) is 0 Å². The Morgan fingerprint density at radius 3 is 3.09 bits per heavy atom. The molecule has 0 amide bonds. The maximum absolute atomic E-state index is 5.44. The van der Waals surface area contributed by atoms with Crippen molar-refractivity contribution in [2.24, 2.45) is 5.73 Å². The molecule has 0 aromatic rings. The van der Waals surface area contributed by atoms with Gasteiger partial charge in [-0.2, -0.15) is 0 Å². The second-order valence-electron chi connectivity index (χ2n) is 3.30. The Morgan fingerprint density at radius 1 is 1.64 bits per heavy atom. The summed E-state index contributed by atoms with van der Waals surface area (Å²) >= 11 is 0. The largest absolute Gasteiger partial charge is 0.330 e. The quantitative estimate of drug-likeness (QED) is 0.587. The second-order valence-corrected chi connectivity index (χ2v) is 3.30. The zero-order valence-corrected chi connectivity index (χ0v) is 7.34. The van der Waals surface area contributed by atoms with E-state index in [0.717, 1.165) is 19.5 Å². The first-order chi connectivity index (χ1) is 5.33. The Labute approximate surface area is 68.9 Å². The average molecular weight is 157 g/mol. The Balaban J connectivity index is 2.12. The highest BCUT2D eigenvalue weighted by atomic mass is 15.2. The zero-order chi connectivity index (χ0) is 8.10. The van der Waals surface area contributed by atoms with Gasteiger partial charge in [-0.05, 0) is 26.4 Å². The topological polar surface area (TPSA) is 41.3 Å². The molecule has 1 fully saturated rings. The van der Waals surface area contributed by atoms with Gasteiger partial charge >= 0.3 is 0 Å². The van der Waals surface area contributed by atoms with Gasteiger partial charge in [-0.15, -0.1) is 0 Å². The summed E-state index contributed by atoms with van der Waals surface area (Å²) in [4.78, 5) is 2.48. The number of rotatable bonds is 3. The predicted molar refractivity (Wildman–Crippen MR) is 47.6 cm³/mol. The maximum atomic E-state index is 5.44. The van der Waals surface area contributed by atoms with Crippen LogP contribution in [0.5, 0.6) is 0 Å². The molecule has 0 aliphatic carbocycles. The Bertz CT molecular complexity index is 106. The summed E-state index contributed by atoms with van der Waals surface area (Å²) < 4.78 is 0. The van der Waals surface area contributed by atoms with Gasteiger partial charge in [-0.25, -0.2) is 0 Å². The Morgan fingerprint density at radius 2 is 2.45 bits per heavy atom. The summed E-state index contributed by atoms with van der Waals surface area (Å²) in [6.07, 6.45) is 1.13. The number of hydrogen-bond donors (Lipinski definition) is 2. The molecule has 0 aromatic heterocycles. The lowest BCUT2D eigenvalue weighted by Crippen LogP contribution is -2.49. The van der Waals surface area contributed by atoms with Crippen molar-refractivity contribution >= 4 is 0 Å². The van der Waals surface area contributed by atoms with Gasteiger partial charge in [0.2, 0.25) is 0 Å². The van der Waals surface area contributed by atoms with E-state index >= 15 is 0 Å². The van der Waals surface area contributed by atoms with Crippen LogP contribution in [-0.2, 0) is 0 Å². The van der Waals surface area contributed by atoms with Gasteiger partial charge in [0.15, 0.2) is 0 Å². The minimum atomic E-state index is 0.654. The van der Waals surface area contributed by atoms with Crippen LogP contribution < -0.4 is 11.1 Å². The highest BCUT2D eigenvalue weighted by Crippen LogP contribution is 1.98. The molecule has 11 heavy (non-hydrogen) atoms. The van der Waals surface area contributed by atoms with Crippen LogP contribution in [0.2, 0.25) is 0 Å². The first kappa shape index (κ1) is 8.97. The Kier molecular flexibility index (Phi) is 3.83. The molecule has 3 heteroatoms. The van der Waals surface area contributed by atoms with Gasteiger partial charge in [0.25, 0.3) is 0 Å². The third kappa shape index (κ3) is 3.18. The van der Waals surface area contributed by atoms with Crippen molar-refractivity contribution < 1.29 is 0 Å². The lowest BCUT2D eigenvalue weighted by atomic mass is 10.2. The first-order valence-corrected chi connectivity index (χ1v) is 4.48. The van der Waals surface area contributed by atoms with Gasteiger partial charge in [0.1, 0.15) is 0 Å². The van der Waals surface area contributed by atoms with E-state index in [1.54, 1.807) is 0 Å². The molecule has 1 aliphatic rings. The molecule has 0 spiro atoms. The number of nitrogens with two attached hydrogens (primary N) is 1. The molecule has 1 heterocycles. The maximum Gasteiger partial charge on any atom is 0.0167 e. The fourth-order valence-corrected chi connectivity index (χ4v) is 1.53. The standard InChI is InChI=1S/C8H19N3/c1-8-7-11(5-2-3-9)6-4-10-8/h8,10H,2-7,9H2,1H3/t8-/m0/s1. The van der Waals surface area contributed by atoms with Crippen LogP contribution in [0.1, 0.15) is 13.3 Å². The lowest BCUT2D eigenvalue weighted by molar-refractivity contribution is 0.206. The molecule has 3 nitrogen and oxygen atoms in total. The van der Waals surface area contributed by atoms with E-state index < -0.39 is 0 Å². The van der Waals surface area contributed by atoms with E-state index in [1.807, 2.05) is 0 Å². The SMILES string of the molecule is C[C@H]1CN(CCCN)CCN1. The van der Waals surface area contributed by atoms with Crippen LogP contribution in [0.15, 0.2) is 0 Å². The van der Waals surface area contributed by atoms with Crippen molar-refractivity contribution in [2.45, 2.75) is 19.4 Å². The predicted octanol–water partition coefficient (Wildman–Crippen LogP) is -0.371. The molecule has 1 aliphatic heterocycles. The fraction of sp³-hybridized carbons (Fsp3) is 1.00. The summed E-state index contributed by atoms with van der Waals surface area (Å²) in [5.41, 5.74) is 5.44. The molecule has 1 rings (SSSR count). The smallest absolute Gasteiger partial charge is 0.0167 e. The van der Waals surface area contributed by atoms with Crippen LogP contribution in [-0.4, -0.2) is 43.7 Å². The lowest BCUT2D eigenvalue weighted by Gasteiger charge is -2.31. The number of nitrogens with zero attached hydrogens (tertiary/aromatic N) is 1. The normalized spacial score (nSPS) is 27.3. The van der Waals surface area contributed by atoms with Crippen molar-refractivity contribution in [3.8, 4) is 0 Å². The van der Waals surface area contributed by atoms with Crippen LogP contribution in [0.4, 0.5) is 0 Å². The zero-order valence-electron chi connectivity index (χ0n) is 7.34. The monoisotopic (exact) mass is 157 g/mol. The Hall–Kier alpha value is -0.120. The van der Waals surface area contributed by atoms with Gasteiger partial charge in [-0.3, -0.25) is 0 Å². The van der Waals surface area contributed by atoms with E-state index in [4.69, 9.17) is 5.73 Å². The van der Waals surface area contributed by atoms with Gasteiger partial charge < -0.3 is 16.0 Å². The third-order valence-corrected chi connectivity index (χ3v) is 2.13. The van der Waals surface area contributed by atoms with Crippen molar-refractivity contribution in [1.29, 1.82) is 0 Å². The average Bonchev–Trinajstić information content (AvgIpc) is 2.01. The van der Waals surface area contributed by atoms with Gasteiger partial charge in [-0.1, -0.05) is 0 Å². The van der Waals surface area contributed by atoms with Crippen molar-refractivity contribution in [3.63, 3.8) is 0 Å². The molecule has 0 radical (unpaired) electrons. The first-order valence-electron chi connectivity index (χ1n) is 4.48. The minimum Gasteiger partial charge on any atom is -0.330 e. The highest BCUT2D eigenvalue weighted by Gasteiger charge is 2.13. The molecular weight excluding hydrogens is 138 g/mol. The number of piperazine rings is 1. The van der Waals surface area contributed by atoms with Crippen LogP contribution >= 0.6 is 0 Å². The third-order valence-electron chi connectivity index (χ3n) is 2.13. The molecule has 66 valence electrons. The molecule has 1 atom stereocenters. The molecule has 0 aromatic carbocycles. The molecule has 1 saturated heterocycles. The highest BCUT2D eigenvalue weighted by molar-refractivity contribution is 4.74. The van der Waals surface area contributed by atoms with Crippen molar-refractivity contribution in [3.05, 3.63) is 0 Å². The van der Waals surface area contributed by atoms with Gasteiger partial charge in [0, 0.05) is 25.7 Å². The number of nitrogens with one attached hydrogen (secondary N) is 1. The van der Waals surface area contributed by atoms with Crippen molar-refractivity contribution in [2.75, 3.05) is 32.7 Å². The summed E-state index contributed by atoms with van der Waals surface area (Å²) in [5, 5.41) is 3.42. The summed E-state index contributed by atoms with van der Waals surface area (Å²) in [6.45, 7) is 7.71. The molecule has 3 N–H and O–H groups in total. The molecular formula is C8H19N3. The van der Waals surface area contributed by atoms with Crippen LogP contribution in [0.3, 0.4) is 0 Å². The van der Waals surface area contributed by atoms with E-state index in [1.165, 1.54) is 19.6 Å². The number of hydrogen-bond acceptors (Lipinski definition) is 3. The van der Waals surface area contributed by atoms with E-state index in [-0.39, 0.29) is 0 Å². The minimum absolute atomic E-state index is 0.654.